The normalized spacial score (nSPS) is 31.7. The van der Waals surface area contributed by atoms with Gasteiger partial charge in [0.25, 0.3) is 0 Å². The number of amides is 1. The quantitative estimate of drug-likeness (QED) is 0.814. The standard InChI is InChI=1S/C14H27NO3/c1-6-7-8-14(5)10(9-11(14)16)15-12(17)18-13(2,3)4/h10-11,16H,6-9H2,1-5H3,(H,15,17). The highest BCUT2D eigenvalue weighted by atomic mass is 16.6. The van der Waals surface area contributed by atoms with Crippen LogP contribution < -0.4 is 5.32 Å². The molecule has 0 aromatic heterocycles. The molecule has 1 saturated carbocycles. The topological polar surface area (TPSA) is 58.6 Å². The van der Waals surface area contributed by atoms with E-state index >= 15 is 0 Å². The Balaban J connectivity index is 2.50. The fourth-order valence-electron chi connectivity index (χ4n) is 2.41. The third-order valence-electron chi connectivity index (χ3n) is 3.78. The van der Waals surface area contributed by atoms with Gasteiger partial charge in [-0.1, -0.05) is 26.7 Å². The lowest BCUT2D eigenvalue weighted by atomic mass is 9.61. The van der Waals surface area contributed by atoms with Gasteiger partial charge in [0.2, 0.25) is 0 Å². The van der Waals surface area contributed by atoms with Crippen LogP contribution in [0, 0.1) is 5.41 Å². The molecule has 4 nitrogen and oxygen atoms in total. The van der Waals surface area contributed by atoms with Gasteiger partial charge >= 0.3 is 6.09 Å². The van der Waals surface area contributed by atoms with Crippen LogP contribution in [0.3, 0.4) is 0 Å². The number of aliphatic hydroxyl groups excluding tert-OH is 1. The zero-order valence-electron chi connectivity index (χ0n) is 12.2. The Kier molecular flexibility index (Phi) is 4.65. The van der Waals surface area contributed by atoms with Gasteiger partial charge in [-0.2, -0.15) is 0 Å². The summed E-state index contributed by atoms with van der Waals surface area (Å²) >= 11 is 0. The van der Waals surface area contributed by atoms with Crippen molar-refractivity contribution in [2.24, 2.45) is 5.41 Å². The lowest BCUT2D eigenvalue weighted by Crippen LogP contribution is -2.63. The number of aliphatic hydroxyl groups is 1. The van der Waals surface area contributed by atoms with Crippen LogP contribution in [-0.4, -0.2) is 28.9 Å². The minimum Gasteiger partial charge on any atom is -0.444 e. The summed E-state index contributed by atoms with van der Waals surface area (Å²) in [6.45, 7) is 9.71. The molecule has 0 aromatic rings. The third kappa shape index (κ3) is 3.61. The third-order valence-corrected chi connectivity index (χ3v) is 3.78. The molecule has 0 radical (unpaired) electrons. The van der Waals surface area contributed by atoms with Crippen LogP contribution >= 0.6 is 0 Å². The smallest absolute Gasteiger partial charge is 0.407 e. The number of carbonyl (C=O) groups is 1. The van der Waals surface area contributed by atoms with Crippen LogP contribution in [0.5, 0.6) is 0 Å². The predicted octanol–water partition coefficient (Wildman–Crippen LogP) is 2.84. The second-order valence-corrected chi connectivity index (χ2v) is 6.56. The van der Waals surface area contributed by atoms with Gasteiger partial charge in [-0.25, -0.2) is 4.79 Å². The van der Waals surface area contributed by atoms with Crippen LogP contribution in [0.1, 0.15) is 60.3 Å². The highest BCUT2D eigenvalue weighted by Crippen LogP contribution is 2.45. The Bertz CT molecular complexity index is 298. The fraction of sp³-hybridized carbons (Fsp3) is 0.929. The fourth-order valence-corrected chi connectivity index (χ4v) is 2.41. The maximum absolute atomic E-state index is 11.7. The van der Waals surface area contributed by atoms with Crippen molar-refractivity contribution in [3.05, 3.63) is 0 Å². The van der Waals surface area contributed by atoms with Crippen molar-refractivity contribution in [3.63, 3.8) is 0 Å². The van der Waals surface area contributed by atoms with E-state index in [1.165, 1.54) is 0 Å². The van der Waals surface area contributed by atoms with Gasteiger partial charge in [0.05, 0.1) is 6.10 Å². The number of nitrogens with one attached hydrogen (secondary N) is 1. The van der Waals surface area contributed by atoms with Gasteiger partial charge in [-0.15, -0.1) is 0 Å². The zero-order chi connectivity index (χ0) is 14.0. The van der Waals surface area contributed by atoms with Crippen LogP contribution in [0.25, 0.3) is 0 Å². The average molecular weight is 257 g/mol. The van der Waals surface area contributed by atoms with Gasteiger partial charge in [-0.05, 0) is 33.6 Å². The lowest BCUT2D eigenvalue weighted by Gasteiger charge is -2.51. The van der Waals surface area contributed by atoms with E-state index in [2.05, 4.69) is 12.2 Å². The first kappa shape index (κ1) is 15.3. The number of rotatable bonds is 4. The molecular formula is C14H27NO3. The summed E-state index contributed by atoms with van der Waals surface area (Å²) in [6.07, 6.45) is 3.03. The summed E-state index contributed by atoms with van der Waals surface area (Å²) in [4.78, 5) is 11.7. The van der Waals surface area contributed by atoms with Crippen LogP contribution in [0.2, 0.25) is 0 Å². The summed E-state index contributed by atoms with van der Waals surface area (Å²) in [5.74, 6) is 0. The average Bonchev–Trinajstić information content (AvgIpc) is 2.22. The lowest BCUT2D eigenvalue weighted by molar-refractivity contribution is -0.0909. The van der Waals surface area contributed by atoms with Gasteiger partial charge in [0, 0.05) is 11.5 Å². The second-order valence-electron chi connectivity index (χ2n) is 6.56. The molecule has 1 rings (SSSR count). The molecular weight excluding hydrogens is 230 g/mol. The van der Waals surface area contributed by atoms with E-state index in [1.807, 2.05) is 27.7 Å². The van der Waals surface area contributed by atoms with Gasteiger partial charge in [-0.3, -0.25) is 0 Å². The first-order valence-electron chi connectivity index (χ1n) is 6.86. The van der Waals surface area contributed by atoms with E-state index in [-0.39, 0.29) is 23.7 Å². The molecule has 3 unspecified atom stereocenters. The summed E-state index contributed by atoms with van der Waals surface area (Å²) in [6, 6.07) is 0.0221. The maximum atomic E-state index is 11.7. The number of hydrogen-bond donors (Lipinski definition) is 2. The Hall–Kier alpha value is -0.770. The van der Waals surface area contributed by atoms with Crippen molar-refractivity contribution in [1.29, 1.82) is 0 Å². The number of alkyl carbamates (subject to hydrolysis) is 1. The molecule has 0 bridgehead atoms. The summed E-state index contributed by atoms with van der Waals surface area (Å²) in [5.41, 5.74) is -0.681. The Morgan fingerprint density at radius 3 is 2.56 bits per heavy atom. The first-order valence-corrected chi connectivity index (χ1v) is 6.86. The van der Waals surface area contributed by atoms with Crippen LogP contribution in [0.15, 0.2) is 0 Å². The molecule has 0 aromatic carbocycles. The first-order chi connectivity index (χ1) is 8.19. The minimum atomic E-state index is -0.480. The highest BCUT2D eigenvalue weighted by molar-refractivity contribution is 5.68. The predicted molar refractivity (Wildman–Crippen MR) is 71.4 cm³/mol. The molecule has 1 fully saturated rings. The molecule has 1 amide bonds. The molecule has 106 valence electrons. The SMILES string of the molecule is CCCCC1(C)C(O)CC1NC(=O)OC(C)(C)C. The molecule has 4 heteroatoms. The van der Waals surface area contributed by atoms with Crippen LogP contribution in [0.4, 0.5) is 4.79 Å². The molecule has 0 spiro atoms. The molecule has 1 aliphatic carbocycles. The van der Waals surface area contributed by atoms with E-state index in [0.29, 0.717) is 6.42 Å². The number of hydrogen-bond acceptors (Lipinski definition) is 3. The van der Waals surface area contributed by atoms with Crippen molar-refractivity contribution in [2.45, 2.75) is 78.0 Å². The van der Waals surface area contributed by atoms with Crippen molar-refractivity contribution in [3.8, 4) is 0 Å². The van der Waals surface area contributed by atoms with Gasteiger partial charge in [0.1, 0.15) is 5.60 Å². The summed E-state index contributed by atoms with van der Waals surface area (Å²) in [7, 11) is 0. The van der Waals surface area contributed by atoms with E-state index in [4.69, 9.17) is 4.74 Å². The van der Waals surface area contributed by atoms with Crippen molar-refractivity contribution in [1.82, 2.24) is 5.32 Å². The Labute approximate surface area is 110 Å². The summed E-state index contributed by atoms with van der Waals surface area (Å²) < 4.78 is 5.25. The van der Waals surface area contributed by atoms with Gasteiger partial charge < -0.3 is 15.2 Å². The van der Waals surface area contributed by atoms with Gasteiger partial charge in [0.15, 0.2) is 0 Å². The van der Waals surface area contributed by atoms with E-state index in [1.54, 1.807) is 0 Å². The molecule has 0 aliphatic heterocycles. The molecule has 18 heavy (non-hydrogen) atoms. The molecule has 2 N–H and O–H groups in total. The molecule has 3 atom stereocenters. The largest absolute Gasteiger partial charge is 0.444 e. The van der Waals surface area contributed by atoms with E-state index in [0.717, 1.165) is 19.3 Å². The van der Waals surface area contributed by atoms with Crippen molar-refractivity contribution >= 4 is 6.09 Å². The van der Waals surface area contributed by atoms with E-state index in [9.17, 15) is 9.90 Å². The van der Waals surface area contributed by atoms with Crippen LogP contribution in [-0.2, 0) is 4.74 Å². The maximum Gasteiger partial charge on any atom is 0.407 e. The van der Waals surface area contributed by atoms with E-state index < -0.39 is 5.60 Å². The molecule has 0 heterocycles. The molecule has 1 aliphatic rings. The minimum absolute atomic E-state index is 0.0221. The Morgan fingerprint density at radius 2 is 2.11 bits per heavy atom. The Morgan fingerprint density at radius 1 is 1.50 bits per heavy atom. The molecule has 0 saturated heterocycles. The highest BCUT2D eigenvalue weighted by Gasteiger charge is 2.51. The monoisotopic (exact) mass is 257 g/mol. The number of carbonyl (C=O) groups excluding carboxylic acids is 1. The number of unbranched alkanes of at least 4 members (excludes halogenated alkanes) is 1. The summed E-state index contributed by atoms with van der Waals surface area (Å²) in [5, 5.41) is 12.8. The number of ether oxygens (including phenoxy) is 1. The van der Waals surface area contributed by atoms with Crippen molar-refractivity contribution in [2.75, 3.05) is 0 Å². The second kappa shape index (κ2) is 5.47. The van der Waals surface area contributed by atoms with Crippen molar-refractivity contribution < 1.29 is 14.6 Å². The zero-order valence-corrected chi connectivity index (χ0v) is 12.2.